The highest BCUT2D eigenvalue weighted by Crippen LogP contribution is 2.22. The zero-order chi connectivity index (χ0) is 24.3. The van der Waals surface area contributed by atoms with Crippen LogP contribution >= 0.6 is 0 Å². The Kier molecular flexibility index (Phi) is 9.87. The fourth-order valence-electron chi connectivity index (χ4n) is 3.94. The topological polar surface area (TPSA) is 124 Å². The van der Waals surface area contributed by atoms with Gasteiger partial charge in [-0.05, 0) is 48.9 Å². The lowest BCUT2D eigenvalue weighted by molar-refractivity contribution is -0.129. The summed E-state index contributed by atoms with van der Waals surface area (Å²) in [6, 6.07) is 6.08. The van der Waals surface area contributed by atoms with Crippen LogP contribution in [0.4, 0.5) is 5.82 Å². The van der Waals surface area contributed by atoms with Crippen molar-refractivity contribution >= 4 is 17.6 Å². The lowest BCUT2D eigenvalue weighted by Crippen LogP contribution is -2.32. The third-order valence-corrected chi connectivity index (χ3v) is 5.76. The zero-order valence-electron chi connectivity index (χ0n) is 19.8. The lowest BCUT2D eigenvalue weighted by atomic mass is 10.1. The summed E-state index contributed by atoms with van der Waals surface area (Å²) >= 11 is 0. The fourth-order valence-corrected chi connectivity index (χ4v) is 3.94. The number of ether oxygens (including phenoxy) is 3. The summed E-state index contributed by atoms with van der Waals surface area (Å²) in [6.45, 7) is 1.15. The number of carbonyl (C=O) groups excluding carboxylic acids is 2. The first-order chi connectivity index (χ1) is 16.5. The molecule has 1 aromatic heterocycles. The molecule has 0 fully saturated rings. The first kappa shape index (κ1) is 25.7. The van der Waals surface area contributed by atoms with Crippen molar-refractivity contribution in [2.24, 2.45) is 7.05 Å². The number of amides is 2. The van der Waals surface area contributed by atoms with Gasteiger partial charge in [0.15, 0.2) is 0 Å². The minimum Gasteiger partial charge on any atom is -0.497 e. The van der Waals surface area contributed by atoms with Crippen molar-refractivity contribution in [3.8, 4) is 5.75 Å². The van der Waals surface area contributed by atoms with E-state index in [1.165, 1.54) is 0 Å². The Balaban J connectivity index is 1.71. The average Bonchev–Trinajstić information content (AvgIpc) is 3.18. The Labute approximate surface area is 199 Å². The van der Waals surface area contributed by atoms with E-state index < -0.39 is 12.0 Å². The fraction of sp³-hybridized carbons (Fsp3) is 0.542. The molecule has 2 heterocycles. The monoisotopic (exact) mass is 474 g/mol. The van der Waals surface area contributed by atoms with Crippen molar-refractivity contribution < 1.29 is 29.0 Å². The zero-order valence-corrected chi connectivity index (χ0v) is 19.8. The van der Waals surface area contributed by atoms with Gasteiger partial charge in [-0.15, -0.1) is 0 Å². The van der Waals surface area contributed by atoms with Crippen LogP contribution in [-0.2, 0) is 45.7 Å². The number of hydrogen-bond donors (Lipinski definition) is 3. The smallest absolute Gasteiger partial charge is 0.254 e. The summed E-state index contributed by atoms with van der Waals surface area (Å²) in [7, 11) is 3.42. The van der Waals surface area contributed by atoms with E-state index in [1.54, 1.807) is 30.5 Å². The Bertz CT molecular complexity index is 961. The van der Waals surface area contributed by atoms with E-state index in [4.69, 9.17) is 19.4 Å². The molecule has 0 radical (unpaired) electrons. The highest BCUT2D eigenvalue weighted by atomic mass is 16.5. The number of hydrogen-bond acceptors (Lipinski definition) is 7. The molecule has 10 nitrogen and oxygen atoms in total. The number of benzene rings is 1. The van der Waals surface area contributed by atoms with Gasteiger partial charge < -0.3 is 19.5 Å². The van der Waals surface area contributed by atoms with Crippen molar-refractivity contribution in [2.45, 2.75) is 64.3 Å². The Hall–Kier alpha value is -2.95. The molecule has 3 N–H and O–H groups in total. The number of nitrogens with one attached hydrogen (secondary N) is 2. The molecule has 1 aliphatic heterocycles. The second-order valence-corrected chi connectivity index (χ2v) is 8.41. The van der Waals surface area contributed by atoms with E-state index in [-0.39, 0.29) is 12.3 Å². The van der Waals surface area contributed by atoms with Gasteiger partial charge in [0.05, 0.1) is 26.5 Å². The van der Waals surface area contributed by atoms with E-state index in [2.05, 4.69) is 16.5 Å². The van der Waals surface area contributed by atoms with Gasteiger partial charge in [-0.1, -0.05) is 18.9 Å². The number of methoxy groups -OCH3 is 1. The van der Waals surface area contributed by atoms with Crippen LogP contribution in [0.15, 0.2) is 24.4 Å². The Morgan fingerprint density at radius 3 is 2.88 bits per heavy atom. The molecule has 0 saturated heterocycles. The van der Waals surface area contributed by atoms with Crippen molar-refractivity contribution in [3.63, 3.8) is 0 Å². The summed E-state index contributed by atoms with van der Waals surface area (Å²) in [5.41, 5.74) is 4.56. The molecular formula is C24H34N4O6. The largest absolute Gasteiger partial charge is 0.497 e. The molecule has 0 aliphatic carbocycles. The van der Waals surface area contributed by atoms with Crippen molar-refractivity contribution in [1.82, 2.24) is 15.3 Å². The van der Waals surface area contributed by atoms with Crippen LogP contribution in [-0.4, -0.2) is 46.6 Å². The molecule has 0 spiro atoms. The summed E-state index contributed by atoms with van der Waals surface area (Å²) in [6.07, 6.45) is 5.48. The van der Waals surface area contributed by atoms with Crippen LogP contribution in [0.1, 0.15) is 55.2 Å². The van der Waals surface area contributed by atoms with Crippen LogP contribution in [0.2, 0.25) is 0 Å². The normalized spacial score (nSPS) is 17.1. The maximum atomic E-state index is 13.1. The first-order valence-electron chi connectivity index (χ1n) is 11.6. The van der Waals surface area contributed by atoms with E-state index in [1.807, 2.05) is 12.1 Å². The van der Waals surface area contributed by atoms with Crippen LogP contribution in [0.25, 0.3) is 0 Å². The molecule has 1 aliphatic rings. The number of fused-ring (bicyclic) bond motifs is 3. The van der Waals surface area contributed by atoms with Gasteiger partial charge in [-0.25, -0.2) is 5.48 Å². The summed E-state index contributed by atoms with van der Waals surface area (Å²) in [5, 5.41) is 15.8. The summed E-state index contributed by atoms with van der Waals surface area (Å²) in [5.74, 6) is 0.733. The molecule has 0 saturated carbocycles. The van der Waals surface area contributed by atoms with Gasteiger partial charge in [-0.2, -0.15) is 5.10 Å². The predicted octanol–water partition coefficient (Wildman–Crippen LogP) is 2.87. The van der Waals surface area contributed by atoms with E-state index in [0.717, 1.165) is 48.1 Å². The number of hydroxylamine groups is 1. The second-order valence-electron chi connectivity index (χ2n) is 8.41. The molecule has 186 valence electrons. The van der Waals surface area contributed by atoms with E-state index in [9.17, 15) is 9.59 Å². The van der Waals surface area contributed by atoms with Crippen molar-refractivity contribution in [3.05, 3.63) is 41.1 Å². The van der Waals surface area contributed by atoms with Gasteiger partial charge in [0, 0.05) is 25.6 Å². The molecule has 2 aromatic rings. The second kappa shape index (κ2) is 13.1. The van der Waals surface area contributed by atoms with Gasteiger partial charge in [0.1, 0.15) is 17.7 Å². The Morgan fingerprint density at radius 1 is 1.26 bits per heavy atom. The maximum absolute atomic E-state index is 13.1. The molecule has 1 unspecified atom stereocenters. The number of unbranched alkanes of at least 4 members (excludes halogenated alkanes) is 2. The average molecular weight is 475 g/mol. The van der Waals surface area contributed by atoms with Gasteiger partial charge in [-0.3, -0.25) is 19.5 Å². The van der Waals surface area contributed by atoms with Gasteiger partial charge in [0.25, 0.3) is 5.91 Å². The number of rotatable bonds is 7. The third kappa shape index (κ3) is 7.54. The number of carbonyl (C=O) groups is 2. The predicted molar refractivity (Wildman–Crippen MR) is 124 cm³/mol. The standard InChI is InChI=1S/C24H34N4O6/c1-28-23-19(14-25-28)16-33-15-18-11-17(12-20(13-18)32-2)7-6-10-34-21(24(30)26-23)8-4-3-5-9-22(29)27-31/h11-14,21,31H,3-10,15-16H2,1-2H3,(H,26,30)(H,27,29). The quantitative estimate of drug-likeness (QED) is 0.320. The lowest BCUT2D eigenvalue weighted by Gasteiger charge is -2.18. The molecule has 10 heteroatoms. The SMILES string of the molecule is COc1cc2cc(c1)COCc1cnn(C)c1NC(=O)C(CCCCCC(=O)NO)OCCC2. The number of aryl methyl sites for hydroxylation is 2. The molecule has 1 aromatic carbocycles. The highest BCUT2D eigenvalue weighted by Gasteiger charge is 2.22. The highest BCUT2D eigenvalue weighted by molar-refractivity contribution is 5.94. The number of nitrogens with zero attached hydrogens (tertiary/aromatic N) is 2. The van der Waals surface area contributed by atoms with Crippen LogP contribution in [0.3, 0.4) is 0 Å². The molecule has 2 amide bonds. The van der Waals surface area contributed by atoms with Crippen LogP contribution in [0.5, 0.6) is 5.75 Å². The first-order valence-corrected chi connectivity index (χ1v) is 11.6. The van der Waals surface area contributed by atoms with Crippen LogP contribution < -0.4 is 15.5 Å². The van der Waals surface area contributed by atoms with Gasteiger partial charge >= 0.3 is 0 Å². The molecular weight excluding hydrogens is 440 g/mol. The minimum absolute atomic E-state index is 0.227. The Morgan fingerprint density at radius 2 is 2.09 bits per heavy atom. The third-order valence-electron chi connectivity index (χ3n) is 5.76. The summed E-state index contributed by atoms with van der Waals surface area (Å²) in [4.78, 5) is 24.3. The molecule has 1 atom stereocenters. The van der Waals surface area contributed by atoms with E-state index >= 15 is 0 Å². The number of anilines is 1. The molecule has 3 rings (SSSR count). The minimum atomic E-state index is -0.624. The molecule has 2 bridgehead atoms. The van der Waals surface area contributed by atoms with E-state index in [0.29, 0.717) is 38.5 Å². The van der Waals surface area contributed by atoms with Crippen molar-refractivity contribution in [2.75, 3.05) is 19.0 Å². The van der Waals surface area contributed by atoms with Crippen molar-refractivity contribution in [1.29, 1.82) is 0 Å². The molecule has 34 heavy (non-hydrogen) atoms. The number of aromatic nitrogens is 2. The summed E-state index contributed by atoms with van der Waals surface area (Å²) < 4.78 is 19.0. The van der Waals surface area contributed by atoms with Crippen LogP contribution in [0, 0.1) is 0 Å². The maximum Gasteiger partial charge on any atom is 0.254 e. The van der Waals surface area contributed by atoms with Gasteiger partial charge in [0.2, 0.25) is 5.91 Å².